The first-order valence-electron chi connectivity index (χ1n) is 7.20. The molecule has 108 valence electrons. The Morgan fingerprint density at radius 3 is 2.85 bits per heavy atom. The van der Waals surface area contributed by atoms with Crippen LogP contribution in [0, 0.1) is 18.8 Å². The summed E-state index contributed by atoms with van der Waals surface area (Å²) in [6.45, 7) is 9.35. The fraction of sp³-hybridized carbons (Fsp3) is 0.562. The second-order valence-electron chi connectivity index (χ2n) is 6.53. The van der Waals surface area contributed by atoms with Gasteiger partial charge in [0.15, 0.2) is 0 Å². The van der Waals surface area contributed by atoms with Crippen molar-refractivity contribution >= 4 is 21.8 Å². The summed E-state index contributed by atoms with van der Waals surface area (Å²) in [5, 5.41) is 3.45. The normalized spacial score (nSPS) is 27.7. The molecular weight excluding hydrogens is 316 g/mol. The van der Waals surface area contributed by atoms with Crippen LogP contribution in [0.4, 0.5) is 0 Å². The van der Waals surface area contributed by atoms with Gasteiger partial charge in [-0.25, -0.2) is 0 Å². The third-order valence-electron chi connectivity index (χ3n) is 5.03. The molecule has 4 heteroatoms. The van der Waals surface area contributed by atoms with Crippen molar-refractivity contribution in [3.63, 3.8) is 0 Å². The van der Waals surface area contributed by atoms with Crippen molar-refractivity contribution < 1.29 is 4.79 Å². The Balaban J connectivity index is 1.93. The van der Waals surface area contributed by atoms with Crippen LogP contribution >= 0.6 is 15.9 Å². The number of halogens is 1. The highest BCUT2D eigenvalue weighted by atomic mass is 79.9. The minimum absolute atomic E-state index is 0.0750. The standard InChI is InChI=1S/C16H21BrN2O/c1-10-5-4-6-12(14(10)17)15(20)19-9-11-7-18-8-13(11)16(19,2)3/h4-6,11,13,18H,7-9H2,1-3H3. The van der Waals surface area contributed by atoms with E-state index in [0.717, 1.165) is 35.2 Å². The van der Waals surface area contributed by atoms with Gasteiger partial charge in [-0.05, 0) is 60.2 Å². The molecule has 1 N–H and O–H groups in total. The van der Waals surface area contributed by atoms with Crippen LogP contribution in [0.15, 0.2) is 22.7 Å². The predicted octanol–water partition coefficient (Wildman–Crippen LogP) is 2.83. The number of amides is 1. The molecule has 2 fully saturated rings. The number of hydrogen-bond donors (Lipinski definition) is 1. The van der Waals surface area contributed by atoms with Crippen molar-refractivity contribution in [1.29, 1.82) is 0 Å². The maximum absolute atomic E-state index is 12.9. The molecule has 2 heterocycles. The number of nitrogens with zero attached hydrogens (tertiary/aromatic N) is 1. The van der Waals surface area contributed by atoms with Crippen molar-refractivity contribution in [1.82, 2.24) is 10.2 Å². The molecule has 2 aliphatic heterocycles. The molecule has 0 aromatic heterocycles. The maximum Gasteiger partial charge on any atom is 0.255 e. The van der Waals surface area contributed by atoms with Crippen LogP contribution in [-0.2, 0) is 0 Å². The van der Waals surface area contributed by atoms with E-state index in [9.17, 15) is 4.79 Å². The van der Waals surface area contributed by atoms with Gasteiger partial charge in [0.25, 0.3) is 5.91 Å². The summed E-state index contributed by atoms with van der Waals surface area (Å²) in [7, 11) is 0. The number of hydrogen-bond acceptors (Lipinski definition) is 2. The van der Waals surface area contributed by atoms with Crippen molar-refractivity contribution in [3.8, 4) is 0 Å². The highest BCUT2D eigenvalue weighted by molar-refractivity contribution is 9.10. The minimum Gasteiger partial charge on any atom is -0.333 e. The van der Waals surface area contributed by atoms with Crippen molar-refractivity contribution in [3.05, 3.63) is 33.8 Å². The van der Waals surface area contributed by atoms with Crippen LogP contribution in [0.25, 0.3) is 0 Å². The summed E-state index contributed by atoms with van der Waals surface area (Å²) in [6.07, 6.45) is 0. The first-order valence-corrected chi connectivity index (χ1v) is 8.00. The van der Waals surface area contributed by atoms with Gasteiger partial charge in [0.1, 0.15) is 0 Å². The van der Waals surface area contributed by atoms with E-state index in [1.807, 2.05) is 25.1 Å². The largest absolute Gasteiger partial charge is 0.333 e. The molecule has 2 atom stereocenters. The van der Waals surface area contributed by atoms with E-state index in [4.69, 9.17) is 0 Å². The first-order chi connectivity index (χ1) is 9.43. The molecule has 3 nitrogen and oxygen atoms in total. The predicted molar refractivity (Wildman–Crippen MR) is 83.8 cm³/mol. The van der Waals surface area contributed by atoms with E-state index in [0.29, 0.717) is 11.8 Å². The van der Waals surface area contributed by atoms with Crippen LogP contribution in [0.1, 0.15) is 29.8 Å². The van der Waals surface area contributed by atoms with Crippen LogP contribution in [0.3, 0.4) is 0 Å². The smallest absolute Gasteiger partial charge is 0.255 e. The molecule has 0 aliphatic carbocycles. The second-order valence-corrected chi connectivity index (χ2v) is 7.32. The van der Waals surface area contributed by atoms with Crippen LogP contribution in [0.5, 0.6) is 0 Å². The molecule has 2 unspecified atom stereocenters. The van der Waals surface area contributed by atoms with Gasteiger partial charge < -0.3 is 10.2 Å². The number of carbonyl (C=O) groups excluding carboxylic acids is 1. The lowest BCUT2D eigenvalue weighted by atomic mass is 9.84. The Morgan fingerprint density at radius 2 is 2.15 bits per heavy atom. The molecule has 0 bridgehead atoms. The van der Waals surface area contributed by atoms with Gasteiger partial charge in [-0.15, -0.1) is 0 Å². The number of aryl methyl sites for hydroxylation is 1. The number of likely N-dealkylation sites (tertiary alicyclic amines) is 1. The van der Waals surface area contributed by atoms with Gasteiger partial charge in [-0.3, -0.25) is 4.79 Å². The number of benzene rings is 1. The number of rotatable bonds is 1. The first kappa shape index (κ1) is 14.1. The van der Waals surface area contributed by atoms with E-state index in [1.54, 1.807) is 0 Å². The molecule has 1 aromatic carbocycles. The third kappa shape index (κ3) is 2.01. The lowest BCUT2D eigenvalue weighted by Crippen LogP contribution is -2.47. The van der Waals surface area contributed by atoms with Crippen LogP contribution < -0.4 is 5.32 Å². The lowest BCUT2D eigenvalue weighted by Gasteiger charge is -2.36. The molecule has 0 spiro atoms. The van der Waals surface area contributed by atoms with E-state index in [2.05, 4.69) is 40.0 Å². The summed E-state index contributed by atoms with van der Waals surface area (Å²) in [5.41, 5.74) is 1.81. The average molecular weight is 337 g/mol. The molecule has 2 saturated heterocycles. The van der Waals surface area contributed by atoms with Gasteiger partial charge in [-0.1, -0.05) is 12.1 Å². The Morgan fingerprint density at radius 1 is 1.40 bits per heavy atom. The third-order valence-corrected chi connectivity index (χ3v) is 6.08. The summed E-state index contributed by atoms with van der Waals surface area (Å²) in [5.74, 6) is 1.31. The van der Waals surface area contributed by atoms with Crippen molar-refractivity contribution in [2.24, 2.45) is 11.8 Å². The van der Waals surface area contributed by atoms with Crippen molar-refractivity contribution in [2.45, 2.75) is 26.3 Å². The minimum atomic E-state index is -0.0750. The zero-order valence-electron chi connectivity index (χ0n) is 12.2. The quantitative estimate of drug-likeness (QED) is 0.855. The van der Waals surface area contributed by atoms with Gasteiger partial charge in [0.2, 0.25) is 0 Å². The summed E-state index contributed by atoms with van der Waals surface area (Å²) in [4.78, 5) is 15.0. The summed E-state index contributed by atoms with van der Waals surface area (Å²) < 4.78 is 0.927. The summed E-state index contributed by atoms with van der Waals surface area (Å²) in [6, 6.07) is 5.90. The van der Waals surface area contributed by atoms with E-state index in [1.165, 1.54) is 0 Å². The highest BCUT2D eigenvalue weighted by Gasteiger charge is 2.51. The van der Waals surface area contributed by atoms with Crippen LogP contribution in [-0.4, -0.2) is 36.0 Å². The molecule has 2 aliphatic rings. The van der Waals surface area contributed by atoms with Crippen molar-refractivity contribution in [2.75, 3.05) is 19.6 Å². The zero-order valence-corrected chi connectivity index (χ0v) is 13.8. The average Bonchev–Trinajstić information content (AvgIpc) is 2.95. The molecule has 0 radical (unpaired) electrons. The fourth-order valence-electron chi connectivity index (χ4n) is 3.72. The maximum atomic E-state index is 12.9. The molecule has 0 saturated carbocycles. The Labute approximate surface area is 128 Å². The number of nitrogens with one attached hydrogen (secondary N) is 1. The van der Waals surface area contributed by atoms with E-state index >= 15 is 0 Å². The topological polar surface area (TPSA) is 32.3 Å². The Hall–Kier alpha value is -0.870. The molecule has 1 amide bonds. The van der Waals surface area contributed by atoms with Crippen LogP contribution in [0.2, 0.25) is 0 Å². The SMILES string of the molecule is Cc1cccc(C(=O)N2CC3CNCC3C2(C)C)c1Br. The van der Waals surface area contributed by atoms with Gasteiger partial charge >= 0.3 is 0 Å². The van der Waals surface area contributed by atoms with E-state index < -0.39 is 0 Å². The number of fused-ring (bicyclic) bond motifs is 1. The second kappa shape index (κ2) is 4.85. The molecule has 20 heavy (non-hydrogen) atoms. The fourth-order valence-corrected chi connectivity index (χ4v) is 4.16. The Bertz CT molecular complexity index is 555. The number of carbonyl (C=O) groups is 1. The molecule has 1 aromatic rings. The lowest BCUT2D eigenvalue weighted by molar-refractivity contribution is 0.0602. The van der Waals surface area contributed by atoms with Gasteiger partial charge in [0.05, 0.1) is 5.56 Å². The highest BCUT2D eigenvalue weighted by Crippen LogP contribution is 2.41. The Kier molecular flexibility index (Phi) is 3.41. The molecular formula is C16H21BrN2O. The van der Waals surface area contributed by atoms with E-state index in [-0.39, 0.29) is 11.4 Å². The monoisotopic (exact) mass is 336 g/mol. The zero-order chi connectivity index (χ0) is 14.5. The summed E-state index contributed by atoms with van der Waals surface area (Å²) >= 11 is 3.57. The van der Waals surface area contributed by atoms with Gasteiger partial charge in [0, 0.05) is 29.6 Å². The van der Waals surface area contributed by atoms with Gasteiger partial charge in [-0.2, -0.15) is 0 Å². The molecule has 3 rings (SSSR count).